The van der Waals surface area contributed by atoms with Crippen LogP contribution in [0, 0.1) is 0 Å². The van der Waals surface area contributed by atoms with Crippen molar-refractivity contribution in [3.8, 4) is 0 Å². The van der Waals surface area contributed by atoms with Crippen molar-refractivity contribution < 1.29 is 4.39 Å². The third-order valence-corrected chi connectivity index (χ3v) is 0.838. The number of hydrogen-bond acceptors (Lipinski definition) is 1. The Morgan fingerprint density at radius 3 is 2.50 bits per heavy atom. The summed E-state index contributed by atoms with van der Waals surface area (Å²) in [6.07, 6.45) is 1.34. The Hall–Kier alpha value is -0.630. The van der Waals surface area contributed by atoms with Gasteiger partial charge in [-0.3, -0.25) is 0 Å². The van der Waals surface area contributed by atoms with Gasteiger partial charge in [0.25, 0.3) is 0 Å². The lowest BCUT2D eigenvalue weighted by molar-refractivity contribution is 0.645. The number of nitrogens with two attached hydrogens (primary N) is 1. The number of rotatable bonds is 2. The molecule has 0 aromatic carbocycles. The molecule has 46 valence electrons. The highest BCUT2D eigenvalue weighted by molar-refractivity contribution is 5.21. The molecule has 0 atom stereocenters. The lowest BCUT2D eigenvalue weighted by Crippen LogP contribution is -2.01. The molecule has 0 heterocycles. The fraction of sp³-hybridized carbons (Fsp3) is 0.333. The van der Waals surface area contributed by atoms with Crippen LogP contribution in [0.15, 0.2) is 24.1 Å². The van der Waals surface area contributed by atoms with Crippen LogP contribution >= 0.6 is 0 Å². The first-order chi connectivity index (χ1) is 3.72. The van der Waals surface area contributed by atoms with E-state index in [4.69, 9.17) is 5.73 Å². The van der Waals surface area contributed by atoms with E-state index in [1.54, 1.807) is 6.92 Å². The molecule has 0 aliphatic rings. The van der Waals surface area contributed by atoms with Crippen LogP contribution in [0.25, 0.3) is 0 Å². The summed E-state index contributed by atoms with van der Waals surface area (Å²) in [6.45, 7) is 5.17. The summed E-state index contributed by atoms with van der Waals surface area (Å²) in [5, 5.41) is 0. The monoisotopic (exact) mass is 115 g/mol. The third kappa shape index (κ3) is 1.89. The second-order valence-electron chi connectivity index (χ2n) is 1.44. The van der Waals surface area contributed by atoms with E-state index in [2.05, 4.69) is 6.58 Å². The maximum Gasteiger partial charge on any atom is 0.122 e. The first kappa shape index (κ1) is 7.37. The summed E-state index contributed by atoms with van der Waals surface area (Å²) in [4.78, 5) is 0. The predicted molar refractivity (Wildman–Crippen MR) is 33.1 cm³/mol. The summed E-state index contributed by atoms with van der Waals surface area (Å²) in [5.74, 6) is -0.312. The molecule has 0 amide bonds. The SMILES string of the molecule is C=C(CN)/C(F)=C\C. The molecule has 0 aromatic rings. The quantitative estimate of drug-likeness (QED) is 0.540. The molecule has 0 aromatic heterocycles. The smallest absolute Gasteiger partial charge is 0.122 e. The molecule has 2 heteroatoms. The highest BCUT2D eigenvalue weighted by Crippen LogP contribution is 2.05. The van der Waals surface area contributed by atoms with Crippen molar-refractivity contribution in [2.75, 3.05) is 6.54 Å². The molecule has 2 N–H and O–H groups in total. The van der Waals surface area contributed by atoms with Gasteiger partial charge < -0.3 is 5.73 Å². The summed E-state index contributed by atoms with van der Waals surface area (Å²) in [5.41, 5.74) is 5.42. The second-order valence-corrected chi connectivity index (χ2v) is 1.44. The minimum atomic E-state index is -0.312. The van der Waals surface area contributed by atoms with Gasteiger partial charge in [-0.15, -0.1) is 0 Å². The van der Waals surface area contributed by atoms with Gasteiger partial charge in [0.15, 0.2) is 0 Å². The molecule has 0 aliphatic carbocycles. The molecule has 0 saturated heterocycles. The Labute approximate surface area is 48.7 Å². The van der Waals surface area contributed by atoms with E-state index in [0.717, 1.165) is 0 Å². The van der Waals surface area contributed by atoms with Gasteiger partial charge in [0.1, 0.15) is 5.83 Å². The largest absolute Gasteiger partial charge is 0.326 e. The average molecular weight is 115 g/mol. The zero-order chi connectivity index (χ0) is 6.57. The van der Waals surface area contributed by atoms with E-state index in [1.807, 2.05) is 0 Å². The van der Waals surface area contributed by atoms with Crippen LogP contribution in [0.4, 0.5) is 4.39 Å². The summed E-state index contributed by atoms with van der Waals surface area (Å²) >= 11 is 0. The molecule has 0 rings (SSSR count). The van der Waals surface area contributed by atoms with Gasteiger partial charge in [0, 0.05) is 6.54 Å². The Bertz CT molecular complexity index is 116. The highest BCUT2D eigenvalue weighted by atomic mass is 19.1. The van der Waals surface area contributed by atoms with E-state index >= 15 is 0 Å². The van der Waals surface area contributed by atoms with Crippen LogP contribution in [0.3, 0.4) is 0 Å². The molecular weight excluding hydrogens is 105 g/mol. The summed E-state index contributed by atoms with van der Waals surface area (Å²) < 4.78 is 12.2. The first-order valence-electron chi connectivity index (χ1n) is 2.42. The fourth-order valence-electron chi connectivity index (χ4n) is 0.302. The van der Waals surface area contributed by atoms with Crippen LogP contribution in [0.1, 0.15) is 6.92 Å². The van der Waals surface area contributed by atoms with Crippen LogP contribution in [-0.2, 0) is 0 Å². The number of allylic oxidation sites excluding steroid dienone is 1. The Balaban J connectivity index is 3.83. The van der Waals surface area contributed by atoms with E-state index in [9.17, 15) is 4.39 Å². The van der Waals surface area contributed by atoms with Gasteiger partial charge in [-0.05, 0) is 12.5 Å². The van der Waals surface area contributed by atoms with E-state index in [0.29, 0.717) is 5.57 Å². The Kier molecular flexibility index (Phi) is 3.12. The van der Waals surface area contributed by atoms with Gasteiger partial charge in [-0.2, -0.15) is 0 Å². The first-order valence-corrected chi connectivity index (χ1v) is 2.42. The normalized spacial score (nSPS) is 11.6. The highest BCUT2D eigenvalue weighted by Gasteiger charge is 1.93. The van der Waals surface area contributed by atoms with Crippen molar-refractivity contribution in [2.45, 2.75) is 6.92 Å². The maximum atomic E-state index is 12.2. The lowest BCUT2D eigenvalue weighted by Gasteiger charge is -1.93. The van der Waals surface area contributed by atoms with Crippen LogP contribution in [-0.4, -0.2) is 6.54 Å². The molecule has 1 nitrogen and oxygen atoms in total. The molecule has 0 bridgehead atoms. The van der Waals surface area contributed by atoms with Crippen molar-refractivity contribution in [1.82, 2.24) is 0 Å². The van der Waals surface area contributed by atoms with Crippen molar-refractivity contribution in [1.29, 1.82) is 0 Å². The van der Waals surface area contributed by atoms with E-state index in [1.165, 1.54) is 6.08 Å². The van der Waals surface area contributed by atoms with Crippen molar-refractivity contribution >= 4 is 0 Å². The molecule has 0 spiro atoms. The standard InChI is InChI=1S/C6H10FN/c1-3-6(7)5(2)4-8/h3H,2,4,8H2,1H3/b6-3+. The zero-order valence-corrected chi connectivity index (χ0v) is 4.95. The van der Waals surface area contributed by atoms with Gasteiger partial charge in [0.05, 0.1) is 0 Å². The molecule has 0 saturated carbocycles. The van der Waals surface area contributed by atoms with Crippen LogP contribution in [0.5, 0.6) is 0 Å². The molecule has 0 aliphatic heterocycles. The minimum Gasteiger partial charge on any atom is -0.326 e. The van der Waals surface area contributed by atoms with Gasteiger partial charge in [-0.25, -0.2) is 4.39 Å². The molecule has 0 unspecified atom stereocenters. The molecule has 0 fully saturated rings. The second kappa shape index (κ2) is 3.38. The van der Waals surface area contributed by atoms with Gasteiger partial charge >= 0.3 is 0 Å². The lowest BCUT2D eigenvalue weighted by atomic mass is 10.2. The van der Waals surface area contributed by atoms with Crippen molar-refractivity contribution in [3.05, 3.63) is 24.1 Å². The average Bonchev–Trinajstić information content (AvgIpc) is 1.84. The minimum absolute atomic E-state index is 0.191. The van der Waals surface area contributed by atoms with Gasteiger partial charge in [-0.1, -0.05) is 12.7 Å². The summed E-state index contributed by atoms with van der Waals surface area (Å²) in [6, 6.07) is 0. The summed E-state index contributed by atoms with van der Waals surface area (Å²) in [7, 11) is 0. The zero-order valence-electron chi connectivity index (χ0n) is 4.95. The molecular formula is C6H10FN. The van der Waals surface area contributed by atoms with E-state index in [-0.39, 0.29) is 12.4 Å². The predicted octanol–water partition coefficient (Wildman–Crippen LogP) is 1.37. The Morgan fingerprint density at radius 1 is 1.88 bits per heavy atom. The van der Waals surface area contributed by atoms with Gasteiger partial charge in [0.2, 0.25) is 0 Å². The molecule has 8 heavy (non-hydrogen) atoms. The van der Waals surface area contributed by atoms with Crippen molar-refractivity contribution in [3.63, 3.8) is 0 Å². The van der Waals surface area contributed by atoms with Crippen LogP contribution in [0.2, 0.25) is 0 Å². The topological polar surface area (TPSA) is 26.0 Å². The van der Waals surface area contributed by atoms with E-state index < -0.39 is 0 Å². The fourth-order valence-corrected chi connectivity index (χ4v) is 0.302. The number of halogens is 1. The van der Waals surface area contributed by atoms with Crippen molar-refractivity contribution in [2.24, 2.45) is 5.73 Å². The van der Waals surface area contributed by atoms with Crippen LogP contribution < -0.4 is 5.73 Å². The molecule has 0 radical (unpaired) electrons. The maximum absolute atomic E-state index is 12.2. The third-order valence-electron chi connectivity index (χ3n) is 0.838. The number of hydrogen-bond donors (Lipinski definition) is 1. The Morgan fingerprint density at radius 2 is 2.38 bits per heavy atom.